The Morgan fingerprint density at radius 3 is 2.79 bits per heavy atom. The number of carbonyl (C=O) groups is 2. The summed E-state index contributed by atoms with van der Waals surface area (Å²) >= 11 is 1.69. The first kappa shape index (κ1) is 17.1. The molecule has 3 rings (SSSR count). The number of nitrogens with zero attached hydrogens (tertiary/aromatic N) is 2. The van der Waals surface area contributed by atoms with Crippen LogP contribution < -0.4 is 4.74 Å². The number of carboxylic acid groups (broad SMARTS) is 1. The Kier molecular flexibility index (Phi) is 5.60. The molecule has 24 heavy (non-hydrogen) atoms. The lowest BCUT2D eigenvalue weighted by Gasteiger charge is -2.34. The van der Waals surface area contributed by atoms with Crippen molar-refractivity contribution in [3.05, 3.63) is 23.9 Å². The number of rotatable bonds is 5. The number of amides is 1. The number of aromatic nitrogens is 1. The van der Waals surface area contributed by atoms with Crippen LogP contribution in [-0.2, 0) is 4.79 Å². The summed E-state index contributed by atoms with van der Waals surface area (Å²) in [7, 11) is 0. The SMILES string of the molecule is O=C(O)CC1CSCCN1C(=O)c1ccc(OC2CCCC2)nc1. The molecule has 0 spiro atoms. The summed E-state index contributed by atoms with van der Waals surface area (Å²) in [4.78, 5) is 29.6. The lowest BCUT2D eigenvalue weighted by molar-refractivity contribution is -0.138. The molecule has 0 aromatic carbocycles. The number of hydrogen-bond acceptors (Lipinski definition) is 5. The van der Waals surface area contributed by atoms with E-state index in [4.69, 9.17) is 9.84 Å². The molecule has 1 saturated carbocycles. The zero-order chi connectivity index (χ0) is 16.9. The van der Waals surface area contributed by atoms with Gasteiger partial charge in [0.15, 0.2) is 0 Å². The molecule has 0 radical (unpaired) electrons. The molecular weight excluding hydrogens is 328 g/mol. The minimum atomic E-state index is -0.876. The van der Waals surface area contributed by atoms with Gasteiger partial charge in [-0.2, -0.15) is 11.8 Å². The highest BCUT2D eigenvalue weighted by atomic mass is 32.2. The van der Waals surface area contributed by atoms with Crippen LogP contribution in [0.5, 0.6) is 5.88 Å². The molecule has 2 fully saturated rings. The molecule has 1 N–H and O–H groups in total. The maximum Gasteiger partial charge on any atom is 0.305 e. The Labute approximate surface area is 145 Å². The summed E-state index contributed by atoms with van der Waals surface area (Å²) < 4.78 is 5.81. The van der Waals surface area contributed by atoms with E-state index in [9.17, 15) is 9.59 Å². The number of thioether (sulfide) groups is 1. The van der Waals surface area contributed by atoms with Gasteiger partial charge in [-0.25, -0.2) is 4.98 Å². The molecule has 1 aromatic rings. The van der Waals surface area contributed by atoms with Crippen molar-refractivity contribution in [3.8, 4) is 5.88 Å². The maximum atomic E-state index is 12.7. The smallest absolute Gasteiger partial charge is 0.305 e. The van der Waals surface area contributed by atoms with Crippen molar-refractivity contribution in [1.82, 2.24) is 9.88 Å². The summed E-state index contributed by atoms with van der Waals surface area (Å²) in [5.74, 6) is 1.02. The molecule has 1 unspecified atom stereocenters. The second-order valence-electron chi connectivity index (χ2n) is 6.23. The normalized spacial score (nSPS) is 21.7. The van der Waals surface area contributed by atoms with E-state index in [2.05, 4.69) is 4.98 Å². The van der Waals surface area contributed by atoms with E-state index in [-0.39, 0.29) is 24.5 Å². The molecule has 2 heterocycles. The predicted molar refractivity (Wildman–Crippen MR) is 91.5 cm³/mol. The summed E-state index contributed by atoms with van der Waals surface area (Å²) in [6, 6.07) is 3.19. The lowest BCUT2D eigenvalue weighted by Crippen LogP contribution is -2.47. The first-order valence-corrected chi connectivity index (χ1v) is 9.52. The molecule has 6 nitrogen and oxygen atoms in total. The topological polar surface area (TPSA) is 79.7 Å². The van der Waals surface area contributed by atoms with Gasteiger partial charge >= 0.3 is 5.97 Å². The van der Waals surface area contributed by atoms with Crippen LogP contribution in [0.1, 0.15) is 42.5 Å². The number of ether oxygens (including phenoxy) is 1. The fourth-order valence-electron chi connectivity index (χ4n) is 3.21. The van der Waals surface area contributed by atoms with E-state index >= 15 is 0 Å². The van der Waals surface area contributed by atoms with E-state index in [1.807, 2.05) is 0 Å². The quantitative estimate of drug-likeness (QED) is 0.879. The number of carbonyl (C=O) groups excluding carboxylic acids is 1. The van der Waals surface area contributed by atoms with E-state index in [0.717, 1.165) is 18.6 Å². The molecule has 1 amide bonds. The zero-order valence-electron chi connectivity index (χ0n) is 13.5. The van der Waals surface area contributed by atoms with Crippen molar-refractivity contribution in [1.29, 1.82) is 0 Å². The fourth-order valence-corrected chi connectivity index (χ4v) is 4.27. The van der Waals surface area contributed by atoms with Gasteiger partial charge < -0.3 is 14.7 Å². The predicted octanol–water partition coefficient (Wildman–Crippen LogP) is 2.44. The largest absolute Gasteiger partial charge is 0.481 e. The van der Waals surface area contributed by atoms with Gasteiger partial charge in [0.05, 0.1) is 18.0 Å². The molecule has 0 bridgehead atoms. The van der Waals surface area contributed by atoms with Crippen molar-refractivity contribution in [2.24, 2.45) is 0 Å². The average molecular weight is 350 g/mol. The Morgan fingerprint density at radius 1 is 1.33 bits per heavy atom. The van der Waals surface area contributed by atoms with Crippen LogP contribution in [0, 0.1) is 0 Å². The van der Waals surface area contributed by atoms with E-state index in [1.165, 1.54) is 19.0 Å². The monoisotopic (exact) mass is 350 g/mol. The summed E-state index contributed by atoms with van der Waals surface area (Å²) in [5, 5.41) is 9.03. The molecule has 7 heteroatoms. The van der Waals surface area contributed by atoms with Crippen LogP contribution in [0.3, 0.4) is 0 Å². The van der Waals surface area contributed by atoms with Gasteiger partial charge in [-0.15, -0.1) is 0 Å². The summed E-state index contributed by atoms with van der Waals surface area (Å²) in [6.45, 7) is 0.571. The lowest BCUT2D eigenvalue weighted by atomic mass is 10.1. The minimum absolute atomic E-state index is 0.0188. The maximum absolute atomic E-state index is 12.7. The van der Waals surface area contributed by atoms with Gasteiger partial charge in [0, 0.05) is 30.3 Å². The van der Waals surface area contributed by atoms with Crippen molar-refractivity contribution in [3.63, 3.8) is 0 Å². The molecule has 1 aliphatic carbocycles. The van der Waals surface area contributed by atoms with Crippen molar-refractivity contribution in [2.45, 2.75) is 44.2 Å². The number of pyridine rings is 1. The van der Waals surface area contributed by atoms with Crippen molar-refractivity contribution < 1.29 is 19.4 Å². The zero-order valence-corrected chi connectivity index (χ0v) is 14.3. The first-order valence-electron chi connectivity index (χ1n) is 8.36. The highest BCUT2D eigenvalue weighted by molar-refractivity contribution is 7.99. The molecule has 130 valence electrons. The highest BCUT2D eigenvalue weighted by Crippen LogP contribution is 2.24. The van der Waals surface area contributed by atoms with Crippen LogP contribution >= 0.6 is 11.8 Å². The second kappa shape index (κ2) is 7.88. The molecule has 2 aliphatic rings. The molecule has 1 atom stereocenters. The first-order chi connectivity index (χ1) is 11.6. The summed E-state index contributed by atoms with van der Waals surface area (Å²) in [6.07, 6.45) is 6.26. The average Bonchev–Trinajstić information content (AvgIpc) is 3.08. The number of carboxylic acids is 1. The summed E-state index contributed by atoms with van der Waals surface area (Å²) in [5.41, 5.74) is 0.482. The van der Waals surface area contributed by atoms with Gasteiger partial charge in [0.2, 0.25) is 5.88 Å². The molecular formula is C17H22N2O4S. The van der Waals surface area contributed by atoms with Crippen LogP contribution in [0.2, 0.25) is 0 Å². The van der Waals surface area contributed by atoms with Gasteiger partial charge in [0.1, 0.15) is 6.10 Å². The van der Waals surface area contributed by atoms with E-state index in [0.29, 0.717) is 23.7 Å². The Bertz CT molecular complexity index is 587. The third kappa shape index (κ3) is 4.20. The van der Waals surface area contributed by atoms with Gasteiger partial charge in [-0.1, -0.05) is 0 Å². The van der Waals surface area contributed by atoms with Crippen LogP contribution in [0.25, 0.3) is 0 Å². The molecule has 1 saturated heterocycles. The van der Waals surface area contributed by atoms with Crippen molar-refractivity contribution in [2.75, 3.05) is 18.1 Å². The number of aliphatic carboxylic acids is 1. The van der Waals surface area contributed by atoms with Crippen LogP contribution in [-0.4, -0.2) is 57.1 Å². The van der Waals surface area contributed by atoms with E-state index < -0.39 is 5.97 Å². The van der Waals surface area contributed by atoms with Gasteiger partial charge in [-0.05, 0) is 31.7 Å². The molecule has 1 aliphatic heterocycles. The Balaban J connectivity index is 1.65. The van der Waals surface area contributed by atoms with Gasteiger partial charge in [0.25, 0.3) is 5.91 Å². The number of hydrogen-bond donors (Lipinski definition) is 1. The Morgan fingerprint density at radius 2 is 2.12 bits per heavy atom. The minimum Gasteiger partial charge on any atom is -0.481 e. The van der Waals surface area contributed by atoms with Crippen LogP contribution in [0.4, 0.5) is 0 Å². The third-order valence-corrected chi connectivity index (χ3v) is 5.56. The second-order valence-corrected chi connectivity index (χ2v) is 7.38. The third-order valence-electron chi connectivity index (χ3n) is 4.47. The fraction of sp³-hybridized carbons (Fsp3) is 0.588. The van der Waals surface area contributed by atoms with E-state index in [1.54, 1.807) is 28.8 Å². The van der Waals surface area contributed by atoms with Crippen LogP contribution in [0.15, 0.2) is 18.3 Å². The highest BCUT2D eigenvalue weighted by Gasteiger charge is 2.29. The standard InChI is InChI=1S/C17H22N2O4S/c20-16(21)9-13-11-24-8-7-19(13)17(22)12-5-6-15(18-10-12)23-14-3-1-2-4-14/h5-6,10,13-14H,1-4,7-9,11H2,(H,20,21). The van der Waals surface area contributed by atoms with Gasteiger partial charge in [-0.3, -0.25) is 9.59 Å². The molecule has 1 aromatic heterocycles. The van der Waals surface area contributed by atoms with Crippen molar-refractivity contribution >= 4 is 23.6 Å². The Hall–Kier alpha value is -1.76.